The highest BCUT2D eigenvalue weighted by atomic mass is 16.5. The van der Waals surface area contributed by atoms with E-state index in [9.17, 15) is 5.11 Å². The van der Waals surface area contributed by atoms with Gasteiger partial charge in [-0.15, -0.1) is 0 Å². The van der Waals surface area contributed by atoms with Crippen LogP contribution in [0.5, 0.6) is 0 Å². The molecule has 1 aromatic carbocycles. The molecule has 0 aromatic heterocycles. The number of ether oxygens (including phenoxy) is 1. The summed E-state index contributed by atoms with van der Waals surface area (Å²) in [6.45, 7) is 5.24. The molecular weight excluding hydrogens is 250 g/mol. The van der Waals surface area contributed by atoms with Crippen molar-refractivity contribution in [3.05, 3.63) is 35.4 Å². The van der Waals surface area contributed by atoms with Crippen molar-refractivity contribution in [2.24, 2.45) is 0 Å². The van der Waals surface area contributed by atoms with Crippen LogP contribution in [-0.4, -0.2) is 41.8 Å². The lowest BCUT2D eigenvalue weighted by Gasteiger charge is -2.42. The minimum Gasteiger partial charge on any atom is -0.387 e. The lowest BCUT2D eigenvalue weighted by Crippen LogP contribution is -2.48. The molecule has 110 valence electrons. The Morgan fingerprint density at radius 1 is 1.15 bits per heavy atom. The van der Waals surface area contributed by atoms with Gasteiger partial charge in [0.15, 0.2) is 0 Å². The molecular formula is C17H25NO2. The minimum absolute atomic E-state index is 0.189. The predicted octanol–water partition coefficient (Wildman–Crippen LogP) is 2.71. The van der Waals surface area contributed by atoms with E-state index in [-0.39, 0.29) is 18.2 Å². The summed E-state index contributed by atoms with van der Waals surface area (Å²) in [7, 11) is 2.14. The van der Waals surface area contributed by atoms with Crippen LogP contribution in [0.3, 0.4) is 0 Å². The molecule has 3 rings (SSSR count). The molecule has 2 aliphatic rings. The number of rotatable bonds is 2. The van der Waals surface area contributed by atoms with E-state index in [1.54, 1.807) is 0 Å². The highest BCUT2D eigenvalue weighted by Gasteiger charge is 2.39. The zero-order valence-electron chi connectivity index (χ0n) is 12.6. The Morgan fingerprint density at radius 3 is 2.50 bits per heavy atom. The van der Waals surface area contributed by atoms with Gasteiger partial charge >= 0.3 is 0 Å². The molecule has 20 heavy (non-hydrogen) atoms. The summed E-state index contributed by atoms with van der Waals surface area (Å²) in [6, 6.07) is 8.93. The summed E-state index contributed by atoms with van der Waals surface area (Å²) in [4.78, 5) is 2.36. The van der Waals surface area contributed by atoms with Crippen molar-refractivity contribution < 1.29 is 9.84 Å². The Labute approximate surface area is 121 Å². The molecule has 0 spiro atoms. The number of aliphatic hydroxyl groups is 1. The Morgan fingerprint density at radius 2 is 1.85 bits per heavy atom. The number of fused-ring (bicyclic) bond motifs is 1. The van der Waals surface area contributed by atoms with Crippen LogP contribution in [0.15, 0.2) is 24.3 Å². The largest absolute Gasteiger partial charge is 0.387 e. The number of nitrogens with zero attached hydrogens (tertiary/aromatic N) is 1. The first-order chi connectivity index (χ1) is 9.59. The van der Waals surface area contributed by atoms with E-state index in [4.69, 9.17) is 4.74 Å². The van der Waals surface area contributed by atoms with E-state index in [0.717, 1.165) is 25.0 Å². The van der Waals surface area contributed by atoms with E-state index in [0.29, 0.717) is 12.0 Å². The molecule has 0 bridgehead atoms. The molecule has 1 aliphatic carbocycles. The number of hydrogen-bond acceptors (Lipinski definition) is 3. The van der Waals surface area contributed by atoms with Gasteiger partial charge in [-0.3, -0.25) is 4.90 Å². The van der Waals surface area contributed by atoms with Gasteiger partial charge in [0.05, 0.1) is 12.2 Å². The molecule has 3 nitrogen and oxygen atoms in total. The summed E-state index contributed by atoms with van der Waals surface area (Å²) in [5, 5.41) is 10.8. The smallest absolute Gasteiger partial charge is 0.0948 e. The first kappa shape index (κ1) is 14.1. The van der Waals surface area contributed by atoms with Crippen LogP contribution in [0.4, 0.5) is 0 Å². The number of likely N-dealkylation sites (N-methyl/N-ethyl adjacent to an activating group) is 1. The van der Waals surface area contributed by atoms with Crippen molar-refractivity contribution in [3.8, 4) is 0 Å². The van der Waals surface area contributed by atoms with Gasteiger partial charge in [-0.1, -0.05) is 31.2 Å². The second kappa shape index (κ2) is 5.47. The van der Waals surface area contributed by atoms with Gasteiger partial charge in [-0.2, -0.15) is 0 Å². The zero-order valence-corrected chi connectivity index (χ0v) is 12.6. The van der Waals surface area contributed by atoms with E-state index in [1.165, 1.54) is 5.56 Å². The SMILES string of the molecule is CC1CC(N(C)C2CCOC2C)C(O)c2ccccc21. The van der Waals surface area contributed by atoms with E-state index in [1.807, 2.05) is 6.07 Å². The van der Waals surface area contributed by atoms with Crippen molar-refractivity contribution in [3.63, 3.8) is 0 Å². The molecule has 1 saturated heterocycles. The maximum absolute atomic E-state index is 10.8. The van der Waals surface area contributed by atoms with Crippen molar-refractivity contribution in [1.82, 2.24) is 4.90 Å². The lowest BCUT2D eigenvalue weighted by atomic mass is 9.78. The molecule has 1 aliphatic heterocycles. The van der Waals surface area contributed by atoms with Crippen LogP contribution >= 0.6 is 0 Å². The summed E-state index contributed by atoms with van der Waals surface area (Å²) in [6.07, 6.45) is 1.95. The van der Waals surface area contributed by atoms with Gasteiger partial charge < -0.3 is 9.84 Å². The van der Waals surface area contributed by atoms with Gasteiger partial charge in [0, 0.05) is 18.7 Å². The van der Waals surface area contributed by atoms with E-state index < -0.39 is 0 Å². The summed E-state index contributed by atoms with van der Waals surface area (Å²) in [5.41, 5.74) is 2.41. The van der Waals surface area contributed by atoms with E-state index >= 15 is 0 Å². The fourth-order valence-corrected chi connectivity index (χ4v) is 3.94. The molecule has 0 saturated carbocycles. The monoisotopic (exact) mass is 275 g/mol. The zero-order chi connectivity index (χ0) is 14.3. The molecule has 1 N–H and O–H groups in total. The quantitative estimate of drug-likeness (QED) is 0.901. The number of aliphatic hydroxyl groups excluding tert-OH is 1. The minimum atomic E-state index is -0.389. The maximum atomic E-state index is 10.8. The van der Waals surface area contributed by atoms with Gasteiger partial charge in [-0.25, -0.2) is 0 Å². The molecule has 5 unspecified atom stereocenters. The molecule has 1 heterocycles. The Hall–Kier alpha value is -0.900. The standard InChI is InChI=1S/C17H25NO2/c1-11-10-16(18(3)15-8-9-20-12(15)2)17(19)14-7-5-4-6-13(11)14/h4-7,11-12,15-17,19H,8-10H2,1-3H3. The lowest BCUT2D eigenvalue weighted by molar-refractivity contribution is 0.00254. The number of hydrogen-bond donors (Lipinski definition) is 1. The van der Waals surface area contributed by atoms with Crippen molar-refractivity contribution >= 4 is 0 Å². The number of benzene rings is 1. The summed E-state index contributed by atoms with van der Waals surface area (Å²) < 4.78 is 5.69. The Bertz CT molecular complexity index is 476. The average molecular weight is 275 g/mol. The Balaban J connectivity index is 1.85. The van der Waals surface area contributed by atoms with Crippen LogP contribution in [0.25, 0.3) is 0 Å². The molecule has 5 atom stereocenters. The molecule has 0 amide bonds. The highest BCUT2D eigenvalue weighted by Crippen LogP contribution is 2.40. The van der Waals surface area contributed by atoms with Gasteiger partial charge in [-0.05, 0) is 43.9 Å². The van der Waals surface area contributed by atoms with Gasteiger partial charge in [0.25, 0.3) is 0 Å². The fourth-order valence-electron chi connectivity index (χ4n) is 3.94. The second-order valence-corrected chi connectivity index (χ2v) is 6.38. The Kier molecular flexibility index (Phi) is 3.85. The van der Waals surface area contributed by atoms with Gasteiger partial charge in [0.1, 0.15) is 0 Å². The highest BCUT2D eigenvalue weighted by molar-refractivity contribution is 5.35. The summed E-state index contributed by atoms with van der Waals surface area (Å²) >= 11 is 0. The first-order valence-corrected chi connectivity index (χ1v) is 7.70. The predicted molar refractivity (Wildman–Crippen MR) is 79.8 cm³/mol. The van der Waals surface area contributed by atoms with Crippen LogP contribution in [0.1, 0.15) is 49.8 Å². The van der Waals surface area contributed by atoms with Crippen LogP contribution in [0.2, 0.25) is 0 Å². The normalized spacial score (nSPS) is 37.1. The average Bonchev–Trinajstić information content (AvgIpc) is 2.88. The van der Waals surface area contributed by atoms with Crippen molar-refractivity contribution in [2.75, 3.05) is 13.7 Å². The van der Waals surface area contributed by atoms with Crippen LogP contribution < -0.4 is 0 Å². The molecule has 0 radical (unpaired) electrons. The fraction of sp³-hybridized carbons (Fsp3) is 0.647. The topological polar surface area (TPSA) is 32.7 Å². The molecule has 3 heteroatoms. The van der Waals surface area contributed by atoms with Crippen LogP contribution in [0, 0.1) is 0 Å². The maximum Gasteiger partial charge on any atom is 0.0948 e. The third kappa shape index (κ3) is 2.28. The molecule has 1 fully saturated rings. The van der Waals surface area contributed by atoms with Crippen molar-refractivity contribution in [1.29, 1.82) is 0 Å². The first-order valence-electron chi connectivity index (χ1n) is 7.70. The van der Waals surface area contributed by atoms with Crippen molar-refractivity contribution in [2.45, 2.75) is 56.9 Å². The summed E-state index contributed by atoms with van der Waals surface area (Å²) in [5.74, 6) is 0.500. The van der Waals surface area contributed by atoms with Crippen LogP contribution in [-0.2, 0) is 4.74 Å². The molecule has 1 aromatic rings. The third-order valence-electron chi connectivity index (χ3n) is 5.19. The van der Waals surface area contributed by atoms with Gasteiger partial charge in [0.2, 0.25) is 0 Å². The van der Waals surface area contributed by atoms with E-state index in [2.05, 4.69) is 44.0 Å². The third-order valence-corrected chi connectivity index (χ3v) is 5.19. The second-order valence-electron chi connectivity index (χ2n) is 6.38.